The lowest BCUT2D eigenvalue weighted by atomic mass is 10.3. The van der Waals surface area contributed by atoms with E-state index in [0.717, 1.165) is 5.69 Å². The highest BCUT2D eigenvalue weighted by molar-refractivity contribution is 7.98. The second-order valence-electron chi connectivity index (χ2n) is 4.44. The quantitative estimate of drug-likeness (QED) is 0.344. The molecule has 0 amide bonds. The van der Waals surface area contributed by atoms with Crippen molar-refractivity contribution in [3.63, 3.8) is 0 Å². The van der Waals surface area contributed by atoms with Crippen LogP contribution in [0.25, 0.3) is 0 Å². The van der Waals surface area contributed by atoms with Gasteiger partial charge in [-0.25, -0.2) is 9.78 Å². The molecule has 122 valence electrons. The van der Waals surface area contributed by atoms with E-state index in [4.69, 9.17) is 9.47 Å². The average Bonchev–Trinajstić information content (AvgIpc) is 2.59. The summed E-state index contributed by atoms with van der Waals surface area (Å²) in [6.07, 6.45) is 3.30. The molecule has 2 aromatic rings. The molecule has 0 aliphatic heterocycles. The van der Waals surface area contributed by atoms with Gasteiger partial charge in [-0.1, -0.05) is 30.0 Å². The molecule has 1 N–H and O–H groups in total. The van der Waals surface area contributed by atoms with Crippen LogP contribution in [0.3, 0.4) is 0 Å². The van der Waals surface area contributed by atoms with E-state index < -0.39 is 5.97 Å². The Morgan fingerprint density at radius 2 is 2.09 bits per heavy atom. The van der Waals surface area contributed by atoms with Crippen molar-refractivity contribution in [3.05, 3.63) is 42.1 Å². The molecule has 0 saturated heterocycles. The van der Waals surface area contributed by atoms with Crippen LogP contribution in [0.1, 0.15) is 17.3 Å². The van der Waals surface area contributed by atoms with Gasteiger partial charge in [-0.15, -0.1) is 0 Å². The van der Waals surface area contributed by atoms with Gasteiger partial charge in [0.05, 0.1) is 6.61 Å². The van der Waals surface area contributed by atoms with Crippen molar-refractivity contribution in [2.45, 2.75) is 12.1 Å². The number of carbonyl (C=O) groups is 1. The van der Waals surface area contributed by atoms with E-state index >= 15 is 0 Å². The van der Waals surface area contributed by atoms with Gasteiger partial charge in [0.25, 0.3) is 0 Å². The van der Waals surface area contributed by atoms with Crippen molar-refractivity contribution in [3.8, 4) is 5.88 Å². The number of nitrogens with zero attached hydrogens (tertiary/aromatic N) is 2. The molecule has 1 heterocycles. The molecule has 0 unspecified atom stereocenters. The zero-order valence-electron chi connectivity index (χ0n) is 13.1. The Labute approximate surface area is 139 Å². The molecule has 23 heavy (non-hydrogen) atoms. The van der Waals surface area contributed by atoms with Crippen LogP contribution in [-0.4, -0.2) is 42.0 Å². The fourth-order valence-electron chi connectivity index (χ4n) is 1.81. The number of hydrogen-bond acceptors (Lipinski definition) is 7. The van der Waals surface area contributed by atoms with Crippen molar-refractivity contribution in [2.75, 3.05) is 31.3 Å². The predicted octanol–water partition coefficient (Wildman–Crippen LogP) is 2.87. The van der Waals surface area contributed by atoms with Crippen LogP contribution in [0.15, 0.2) is 41.7 Å². The van der Waals surface area contributed by atoms with Crippen molar-refractivity contribution >= 4 is 23.4 Å². The molecular weight excluding hydrogens is 314 g/mol. The summed E-state index contributed by atoms with van der Waals surface area (Å²) in [6.45, 7) is 2.99. The molecule has 0 aliphatic carbocycles. The van der Waals surface area contributed by atoms with E-state index in [9.17, 15) is 4.79 Å². The Kier molecular flexibility index (Phi) is 6.68. The monoisotopic (exact) mass is 333 g/mol. The Hall–Kier alpha value is -2.28. The lowest BCUT2D eigenvalue weighted by molar-refractivity contribution is 0.0519. The summed E-state index contributed by atoms with van der Waals surface area (Å²) in [6, 6.07) is 9.81. The van der Waals surface area contributed by atoms with Gasteiger partial charge in [-0.3, -0.25) is 0 Å². The predicted molar refractivity (Wildman–Crippen MR) is 90.2 cm³/mol. The Morgan fingerprint density at radius 3 is 2.78 bits per heavy atom. The first-order valence-electron chi connectivity index (χ1n) is 7.24. The minimum Gasteiger partial charge on any atom is -0.475 e. The first kappa shape index (κ1) is 17.1. The molecule has 0 bridgehead atoms. The summed E-state index contributed by atoms with van der Waals surface area (Å²) in [7, 11) is 0. The van der Waals surface area contributed by atoms with Crippen molar-refractivity contribution in [2.24, 2.45) is 0 Å². The number of carbonyl (C=O) groups excluding carboxylic acids is 1. The number of rotatable bonds is 8. The lowest BCUT2D eigenvalue weighted by Crippen LogP contribution is -2.15. The summed E-state index contributed by atoms with van der Waals surface area (Å²) >= 11 is 1.38. The molecule has 0 radical (unpaired) electrons. The second-order valence-corrected chi connectivity index (χ2v) is 5.21. The summed E-state index contributed by atoms with van der Waals surface area (Å²) in [5.74, 6) is -0.233. The van der Waals surface area contributed by atoms with Crippen LogP contribution in [0, 0.1) is 0 Å². The third-order valence-corrected chi connectivity index (χ3v) is 3.42. The normalized spacial score (nSPS) is 10.2. The van der Waals surface area contributed by atoms with E-state index in [2.05, 4.69) is 15.3 Å². The Bertz CT molecular complexity index is 638. The fourth-order valence-corrected chi connectivity index (χ4v) is 2.14. The second kappa shape index (κ2) is 8.99. The van der Waals surface area contributed by atoms with Gasteiger partial charge in [0.1, 0.15) is 12.2 Å². The van der Waals surface area contributed by atoms with Crippen molar-refractivity contribution in [1.29, 1.82) is 0 Å². The van der Waals surface area contributed by atoms with E-state index in [-0.39, 0.29) is 18.1 Å². The van der Waals surface area contributed by atoms with Crippen LogP contribution in [0.5, 0.6) is 5.88 Å². The smallest absolute Gasteiger partial charge is 0.345 e. The molecule has 2 rings (SSSR count). The number of ether oxygens (including phenoxy) is 2. The minimum absolute atomic E-state index is 0.240. The SMILES string of the molecule is CCOC(=O)c1cnc(SC)nc1OCCNc1ccccc1. The molecular formula is C16H19N3O3S. The van der Waals surface area contributed by atoms with Crippen LogP contribution in [0.2, 0.25) is 0 Å². The maximum Gasteiger partial charge on any atom is 0.345 e. The average molecular weight is 333 g/mol. The van der Waals surface area contributed by atoms with Gasteiger partial charge in [0.15, 0.2) is 5.16 Å². The number of benzene rings is 1. The van der Waals surface area contributed by atoms with Gasteiger partial charge in [0, 0.05) is 18.4 Å². The van der Waals surface area contributed by atoms with Gasteiger partial charge in [-0.05, 0) is 25.3 Å². The first-order valence-corrected chi connectivity index (χ1v) is 8.47. The maximum atomic E-state index is 11.9. The highest BCUT2D eigenvalue weighted by Gasteiger charge is 2.17. The van der Waals surface area contributed by atoms with Crippen molar-refractivity contribution < 1.29 is 14.3 Å². The molecule has 0 saturated carbocycles. The molecule has 0 fully saturated rings. The highest BCUT2D eigenvalue weighted by atomic mass is 32.2. The van der Waals surface area contributed by atoms with E-state index in [1.807, 2.05) is 36.6 Å². The largest absolute Gasteiger partial charge is 0.475 e. The van der Waals surface area contributed by atoms with Crippen LogP contribution in [-0.2, 0) is 4.74 Å². The molecule has 7 heteroatoms. The number of hydrogen-bond donors (Lipinski definition) is 1. The maximum absolute atomic E-state index is 11.9. The standard InChI is InChI=1S/C16H19N3O3S/c1-3-21-15(20)13-11-18-16(23-2)19-14(13)22-10-9-17-12-7-5-4-6-8-12/h4-8,11,17H,3,9-10H2,1-2H3. The Morgan fingerprint density at radius 1 is 1.30 bits per heavy atom. The number of aromatic nitrogens is 2. The number of nitrogens with one attached hydrogen (secondary N) is 1. The minimum atomic E-state index is -0.480. The highest BCUT2D eigenvalue weighted by Crippen LogP contribution is 2.19. The van der Waals surface area contributed by atoms with Gasteiger partial charge < -0.3 is 14.8 Å². The van der Waals surface area contributed by atoms with Crippen molar-refractivity contribution in [1.82, 2.24) is 9.97 Å². The molecule has 0 spiro atoms. The third-order valence-electron chi connectivity index (χ3n) is 2.85. The first-order chi connectivity index (χ1) is 11.2. The number of para-hydroxylation sites is 1. The molecule has 6 nitrogen and oxygen atoms in total. The van der Waals surface area contributed by atoms with Crippen LogP contribution in [0.4, 0.5) is 5.69 Å². The summed E-state index contributed by atoms with van der Waals surface area (Å²) in [4.78, 5) is 20.2. The molecule has 1 aromatic heterocycles. The summed E-state index contributed by atoms with van der Waals surface area (Å²) < 4.78 is 10.6. The topological polar surface area (TPSA) is 73.3 Å². The summed E-state index contributed by atoms with van der Waals surface area (Å²) in [5.41, 5.74) is 1.25. The van der Waals surface area contributed by atoms with E-state index in [1.54, 1.807) is 6.92 Å². The van der Waals surface area contributed by atoms with Gasteiger partial charge in [0.2, 0.25) is 5.88 Å². The van der Waals surface area contributed by atoms with E-state index in [1.165, 1.54) is 18.0 Å². The zero-order valence-corrected chi connectivity index (χ0v) is 13.9. The van der Waals surface area contributed by atoms with Crippen LogP contribution < -0.4 is 10.1 Å². The van der Waals surface area contributed by atoms with Gasteiger partial charge >= 0.3 is 5.97 Å². The number of anilines is 1. The summed E-state index contributed by atoms with van der Waals surface area (Å²) in [5, 5.41) is 3.77. The zero-order chi connectivity index (χ0) is 16.5. The number of thioether (sulfide) groups is 1. The van der Waals surface area contributed by atoms with Crippen LogP contribution >= 0.6 is 11.8 Å². The Balaban J connectivity index is 1.98. The fraction of sp³-hybridized carbons (Fsp3) is 0.312. The molecule has 0 atom stereocenters. The third kappa shape index (κ3) is 5.14. The molecule has 0 aliphatic rings. The molecule has 1 aromatic carbocycles. The van der Waals surface area contributed by atoms with Gasteiger partial charge in [-0.2, -0.15) is 4.98 Å². The van der Waals surface area contributed by atoms with E-state index in [0.29, 0.717) is 18.3 Å². The number of esters is 1. The lowest BCUT2D eigenvalue weighted by Gasteiger charge is -2.11.